The number of hydrogen-bond donors (Lipinski definition) is 1. The molecule has 1 fully saturated rings. The molecule has 0 amide bonds. The highest BCUT2D eigenvalue weighted by molar-refractivity contribution is 7.63. The van der Waals surface area contributed by atoms with Crippen LogP contribution in [0.2, 0.25) is 0 Å². The molecule has 13 heavy (non-hydrogen) atoms. The maximum atomic E-state index is 11.0. The van der Waals surface area contributed by atoms with Gasteiger partial charge in [0, 0.05) is 16.9 Å². The molecule has 1 aliphatic rings. The molecule has 0 bridgehead atoms. The molecule has 0 spiro atoms. The fourth-order valence-corrected chi connectivity index (χ4v) is 3.34. The smallest absolute Gasteiger partial charge is 0.324 e. The lowest BCUT2D eigenvalue weighted by molar-refractivity contribution is 0.297. The van der Waals surface area contributed by atoms with Crippen molar-refractivity contribution < 1.29 is 18.5 Å². The van der Waals surface area contributed by atoms with Crippen molar-refractivity contribution >= 4 is 15.4 Å². The molecule has 1 heterocycles. The van der Waals surface area contributed by atoms with Gasteiger partial charge < -0.3 is 4.57 Å². The standard InChI is InChI=1S/C5H11OP.C2H5O3P/c1-7(6)4-2-3-5-7;1-2-5-6(3)4/h2-5H2,1H3;2H2,1H3/p+1. The Labute approximate surface area is 80.0 Å². The van der Waals surface area contributed by atoms with E-state index in [-0.39, 0.29) is 0 Å². The molecule has 0 aromatic heterocycles. The van der Waals surface area contributed by atoms with Crippen LogP contribution in [0, 0.1) is 0 Å². The highest BCUT2D eigenvalue weighted by atomic mass is 31.2. The molecule has 0 aliphatic carbocycles. The van der Waals surface area contributed by atoms with E-state index < -0.39 is 15.4 Å². The highest BCUT2D eigenvalue weighted by Gasteiger charge is 2.19. The summed E-state index contributed by atoms with van der Waals surface area (Å²) in [7, 11) is -3.89. The summed E-state index contributed by atoms with van der Waals surface area (Å²) in [4.78, 5) is 7.84. The summed E-state index contributed by atoms with van der Waals surface area (Å²) in [5.74, 6) is 0. The monoisotopic (exact) mass is 227 g/mol. The first-order valence-corrected chi connectivity index (χ1v) is 7.98. The Hall–Kier alpha value is 0.250. The minimum absolute atomic E-state index is 0.297. The van der Waals surface area contributed by atoms with Crippen LogP contribution in [0.5, 0.6) is 0 Å². The van der Waals surface area contributed by atoms with E-state index in [1.807, 2.05) is 6.66 Å². The van der Waals surface area contributed by atoms with Gasteiger partial charge in [-0.05, 0) is 26.4 Å². The Morgan fingerprint density at radius 1 is 1.46 bits per heavy atom. The second kappa shape index (κ2) is 6.67. The maximum absolute atomic E-state index is 11.0. The average molecular weight is 227 g/mol. The molecule has 1 atom stereocenters. The molecular formula is C7H17O4P2+. The van der Waals surface area contributed by atoms with Gasteiger partial charge in [-0.25, -0.2) is 0 Å². The number of hydrogen-bond acceptors (Lipinski definition) is 3. The van der Waals surface area contributed by atoms with Crippen LogP contribution in [-0.4, -0.2) is 30.5 Å². The van der Waals surface area contributed by atoms with E-state index in [1.54, 1.807) is 6.92 Å². The van der Waals surface area contributed by atoms with Gasteiger partial charge in [0.15, 0.2) is 0 Å². The quantitative estimate of drug-likeness (QED) is 0.736. The minimum atomic E-state index is -2.35. The van der Waals surface area contributed by atoms with E-state index in [2.05, 4.69) is 4.52 Å². The Morgan fingerprint density at radius 2 is 1.92 bits per heavy atom. The van der Waals surface area contributed by atoms with Crippen molar-refractivity contribution in [3.8, 4) is 0 Å². The topological polar surface area (TPSA) is 63.6 Å². The first-order valence-electron chi connectivity index (χ1n) is 4.32. The first kappa shape index (κ1) is 13.2. The third-order valence-electron chi connectivity index (χ3n) is 1.75. The molecule has 1 rings (SSSR count). The minimum Gasteiger partial charge on any atom is -0.324 e. The van der Waals surface area contributed by atoms with Crippen LogP contribution in [-0.2, 0) is 13.7 Å². The largest absolute Gasteiger partial charge is 0.694 e. The molecule has 0 aromatic carbocycles. The first-order chi connectivity index (χ1) is 5.98. The van der Waals surface area contributed by atoms with Gasteiger partial charge in [0.1, 0.15) is 6.61 Å². The van der Waals surface area contributed by atoms with Gasteiger partial charge in [-0.2, -0.15) is 0 Å². The molecule has 1 N–H and O–H groups in total. The Balaban J connectivity index is 0.000000226. The number of rotatable bonds is 2. The van der Waals surface area contributed by atoms with Crippen molar-refractivity contribution in [1.82, 2.24) is 0 Å². The van der Waals surface area contributed by atoms with Gasteiger partial charge in [0.2, 0.25) is 0 Å². The molecule has 0 radical (unpaired) electrons. The summed E-state index contributed by atoms with van der Waals surface area (Å²) < 4.78 is 24.6. The van der Waals surface area contributed by atoms with Gasteiger partial charge in [-0.1, -0.05) is 0 Å². The fraction of sp³-hybridized carbons (Fsp3) is 1.00. The molecule has 0 aromatic rings. The third-order valence-corrected chi connectivity index (χ3v) is 4.76. The molecule has 0 saturated carbocycles. The average Bonchev–Trinajstić information content (AvgIpc) is 2.35. The van der Waals surface area contributed by atoms with Crippen LogP contribution in [0.15, 0.2) is 0 Å². The third kappa shape index (κ3) is 8.58. The summed E-state index contributed by atoms with van der Waals surface area (Å²) in [6.07, 6.45) is 4.42. The lowest BCUT2D eigenvalue weighted by atomic mass is 10.4. The molecule has 1 saturated heterocycles. The molecule has 6 heteroatoms. The molecule has 4 nitrogen and oxygen atoms in total. The van der Waals surface area contributed by atoms with Crippen molar-refractivity contribution in [3.63, 3.8) is 0 Å². The SMILES string of the molecule is CCO[P+](=O)O.CP1(=O)CCCC1. The van der Waals surface area contributed by atoms with E-state index in [1.165, 1.54) is 12.8 Å². The fourth-order valence-electron chi connectivity index (χ4n) is 1.11. The summed E-state index contributed by atoms with van der Waals surface area (Å²) in [5, 5.41) is 0. The lowest BCUT2D eigenvalue weighted by Crippen LogP contribution is -1.75. The van der Waals surface area contributed by atoms with E-state index in [9.17, 15) is 9.13 Å². The van der Waals surface area contributed by atoms with Crippen molar-refractivity contribution in [2.24, 2.45) is 0 Å². The zero-order chi connectivity index (χ0) is 10.3. The van der Waals surface area contributed by atoms with Crippen molar-refractivity contribution in [2.75, 3.05) is 25.6 Å². The van der Waals surface area contributed by atoms with E-state index in [0.29, 0.717) is 6.61 Å². The summed E-state index contributed by atoms with van der Waals surface area (Å²) >= 11 is 0. The van der Waals surface area contributed by atoms with Crippen molar-refractivity contribution in [1.29, 1.82) is 0 Å². The molecular weight excluding hydrogens is 210 g/mol. The van der Waals surface area contributed by atoms with Crippen LogP contribution in [0.3, 0.4) is 0 Å². The lowest BCUT2D eigenvalue weighted by Gasteiger charge is -1.96. The second-order valence-corrected chi connectivity index (χ2v) is 7.33. The highest BCUT2D eigenvalue weighted by Crippen LogP contribution is 2.47. The van der Waals surface area contributed by atoms with Crippen LogP contribution in [0.25, 0.3) is 0 Å². The van der Waals surface area contributed by atoms with Gasteiger partial charge in [-0.15, -0.1) is 9.42 Å². The van der Waals surface area contributed by atoms with Gasteiger partial charge in [-0.3, -0.25) is 0 Å². The van der Waals surface area contributed by atoms with Crippen molar-refractivity contribution in [2.45, 2.75) is 19.8 Å². The summed E-state index contributed by atoms with van der Waals surface area (Å²) in [6.45, 7) is 3.87. The van der Waals surface area contributed by atoms with E-state index >= 15 is 0 Å². The molecule has 78 valence electrons. The summed E-state index contributed by atoms with van der Waals surface area (Å²) in [5.41, 5.74) is 0. The van der Waals surface area contributed by atoms with Gasteiger partial charge in [0.25, 0.3) is 0 Å². The van der Waals surface area contributed by atoms with Crippen molar-refractivity contribution in [3.05, 3.63) is 0 Å². The Morgan fingerprint density at radius 3 is 2.00 bits per heavy atom. The van der Waals surface area contributed by atoms with Crippen LogP contribution < -0.4 is 0 Å². The molecule has 1 aliphatic heterocycles. The zero-order valence-corrected chi connectivity index (χ0v) is 9.89. The molecule has 1 unspecified atom stereocenters. The Kier molecular flexibility index (Phi) is 6.79. The normalized spacial score (nSPS) is 20.4. The van der Waals surface area contributed by atoms with Crippen LogP contribution in [0.4, 0.5) is 0 Å². The van der Waals surface area contributed by atoms with E-state index in [0.717, 1.165) is 12.3 Å². The maximum Gasteiger partial charge on any atom is 0.694 e. The summed E-state index contributed by atoms with van der Waals surface area (Å²) in [6, 6.07) is 0. The van der Waals surface area contributed by atoms with Gasteiger partial charge >= 0.3 is 8.25 Å². The second-order valence-electron chi connectivity index (χ2n) is 3.11. The van der Waals surface area contributed by atoms with E-state index in [4.69, 9.17) is 4.89 Å². The zero-order valence-electron chi connectivity index (χ0n) is 8.10. The predicted octanol–water partition coefficient (Wildman–Crippen LogP) is 2.45. The van der Waals surface area contributed by atoms with Crippen LogP contribution in [0.1, 0.15) is 19.8 Å². The predicted molar refractivity (Wildman–Crippen MR) is 53.9 cm³/mol. The van der Waals surface area contributed by atoms with Gasteiger partial charge in [0.05, 0.1) is 7.14 Å². The Bertz CT molecular complexity index is 195. The van der Waals surface area contributed by atoms with Crippen LogP contribution >= 0.6 is 15.4 Å².